The summed E-state index contributed by atoms with van der Waals surface area (Å²) in [5.41, 5.74) is 0. The van der Waals surface area contributed by atoms with Crippen LogP contribution >= 0.6 is 0 Å². The maximum atomic E-state index is 2.36. The first-order valence-corrected chi connectivity index (χ1v) is 12.1. The summed E-state index contributed by atoms with van der Waals surface area (Å²) in [6.07, 6.45) is 23.4. The quantitative estimate of drug-likeness (QED) is 0.200. The van der Waals surface area contributed by atoms with E-state index in [0.717, 1.165) is 0 Å². The third-order valence-corrected chi connectivity index (χ3v) is 6.50. The van der Waals surface area contributed by atoms with E-state index in [9.17, 15) is 0 Å². The van der Waals surface area contributed by atoms with Crippen molar-refractivity contribution in [2.45, 2.75) is 130 Å². The van der Waals surface area contributed by atoms with Crippen molar-refractivity contribution in [2.75, 3.05) is 26.2 Å². The molecule has 0 aromatic rings. The Morgan fingerprint density at radius 1 is 0.385 bits per heavy atom. The number of hydrogen-bond donors (Lipinski definition) is 0. The summed E-state index contributed by atoms with van der Waals surface area (Å²) in [7, 11) is 0. The fourth-order valence-corrected chi connectivity index (χ4v) is 4.14. The fraction of sp³-hybridized carbons (Fsp3) is 1.00. The lowest BCUT2D eigenvalue weighted by Gasteiger charge is -2.35. The molecule has 0 rings (SSSR count). The molecular weight excluding hydrogens is 338 g/mol. The van der Waals surface area contributed by atoms with Crippen molar-refractivity contribution in [3.63, 3.8) is 0 Å². The standard InChI is InChI=1S/C24H52N.ClH/c1-5-9-10-11-12-13-14-15-16-17-18-19-20-21-22-23-24-25(6-2,7-3)8-4;/h5-24H2,1-4H3;1H/q+1;/p-1. The first-order valence-electron chi connectivity index (χ1n) is 12.1. The molecule has 0 bridgehead atoms. The third kappa shape index (κ3) is 16.4. The van der Waals surface area contributed by atoms with Crippen molar-refractivity contribution in [2.24, 2.45) is 0 Å². The molecule has 0 N–H and O–H groups in total. The summed E-state index contributed by atoms with van der Waals surface area (Å²) in [5, 5.41) is 0. The van der Waals surface area contributed by atoms with Crippen LogP contribution in [0.1, 0.15) is 130 Å². The van der Waals surface area contributed by atoms with Crippen molar-refractivity contribution in [3.8, 4) is 0 Å². The molecule has 0 aliphatic heterocycles. The van der Waals surface area contributed by atoms with Crippen LogP contribution in [0, 0.1) is 0 Å². The van der Waals surface area contributed by atoms with Crippen LogP contribution < -0.4 is 12.4 Å². The van der Waals surface area contributed by atoms with Gasteiger partial charge in [0.1, 0.15) is 0 Å². The topological polar surface area (TPSA) is 0 Å². The second-order valence-electron chi connectivity index (χ2n) is 8.32. The highest BCUT2D eigenvalue weighted by atomic mass is 35.5. The van der Waals surface area contributed by atoms with Crippen molar-refractivity contribution in [3.05, 3.63) is 0 Å². The summed E-state index contributed by atoms with van der Waals surface area (Å²) in [5.74, 6) is 0. The van der Waals surface area contributed by atoms with Gasteiger partial charge >= 0.3 is 0 Å². The molecule has 0 radical (unpaired) electrons. The van der Waals surface area contributed by atoms with Crippen LogP contribution in [0.2, 0.25) is 0 Å². The van der Waals surface area contributed by atoms with Gasteiger partial charge in [-0.25, -0.2) is 0 Å². The summed E-state index contributed by atoms with van der Waals surface area (Å²) in [6.45, 7) is 14.7. The number of quaternary nitrogens is 1. The Bertz CT molecular complexity index is 242. The van der Waals surface area contributed by atoms with Gasteiger partial charge in [0.2, 0.25) is 0 Å². The Hall–Kier alpha value is 0.250. The molecule has 2 heteroatoms. The fourth-order valence-electron chi connectivity index (χ4n) is 4.14. The van der Waals surface area contributed by atoms with Gasteiger partial charge in [0.15, 0.2) is 0 Å². The van der Waals surface area contributed by atoms with Gasteiger partial charge in [-0.2, -0.15) is 0 Å². The Balaban J connectivity index is 0. The number of nitrogens with zero attached hydrogens (tertiary/aromatic N) is 1. The Morgan fingerprint density at radius 2 is 0.654 bits per heavy atom. The number of rotatable bonds is 20. The highest BCUT2D eigenvalue weighted by molar-refractivity contribution is 4.50. The Kier molecular flexibility index (Phi) is 23.6. The lowest BCUT2D eigenvalue weighted by atomic mass is 10.0. The molecule has 0 unspecified atom stereocenters. The van der Waals surface area contributed by atoms with E-state index in [0.29, 0.717) is 0 Å². The van der Waals surface area contributed by atoms with Crippen molar-refractivity contribution >= 4 is 0 Å². The molecule has 0 heterocycles. The summed E-state index contributed by atoms with van der Waals surface area (Å²) in [4.78, 5) is 0. The van der Waals surface area contributed by atoms with E-state index in [2.05, 4.69) is 27.7 Å². The predicted octanol–water partition coefficient (Wildman–Crippen LogP) is 5.13. The first kappa shape index (κ1) is 28.5. The maximum Gasteiger partial charge on any atom is 0.0786 e. The van der Waals surface area contributed by atoms with Crippen LogP contribution in [0.3, 0.4) is 0 Å². The van der Waals surface area contributed by atoms with Gasteiger partial charge in [-0.3, -0.25) is 0 Å². The SMILES string of the molecule is CCCCCCCCCCCCCCCCCC[N+](CC)(CC)CC.[Cl-]. The molecule has 160 valence electrons. The van der Waals surface area contributed by atoms with Crippen LogP contribution in [0.15, 0.2) is 0 Å². The number of hydrogen-bond acceptors (Lipinski definition) is 0. The maximum absolute atomic E-state index is 2.36. The van der Waals surface area contributed by atoms with Crippen LogP contribution in [-0.2, 0) is 0 Å². The molecule has 26 heavy (non-hydrogen) atoms. The molecule has 0 spiro atoms. The summed E-state index contributed by atoms with van der Waals surface area (Å²) >= 11 is 0. The molecule has 0 atom stereocenters. The molecule has 0 aromatic carbocycles. The zero-order chi connectivity index (χ0) is 18.6. The van der Waals surface area contributed by atoms with E-state index in [1.807, 2.05) is 0 Å². The molecule has 0 saturated carbocycles. The highest BCUT2D eigenvalue weighted by Crippen LogP contribution is 2.15. The van der Waals surface area contributed by atoms with Crippen molar-refractivity contribution in [1.82, 2.24) is 0 Å². The van der Waals surface area contributed by atoms with Gasteiger partial charge in [-0.15, -0.1) is 0 Å². The molecule has 0 saturated heterocycles. The minimum Gasteiger partial charge on any atom is -1.00 e. The average molecular weight is 390 g/mol. The summed E-state index contributed by atoms with van der Waals surface area (Å²) < 4.78 is 1.33. The van der Waals surface area contributed by atoms with E-state index in [1.165, 1.54) is 133 Å². The molecule has 0 aromatic heterocycles. The lowest BCUT2D eigenvalue weighted by Crippen LogP contribution is -3.00. The lowest BCUT2D eigenvalue weighted by molar-refractivity contribution is -0.923. The molecule has 0 aliphatic carbocycles. The van der Waals surface area contributed by atoms with Gasteiger partial charge in [0, 0.05) is 0 Å². The van der Waals surface area contributed by atoms with Crippen LogP contribution in [0.4, 0.5) is 0 Å². The predicted molar refractivity (Wildman–Crippen MR) is 116 cm³/mol. The molecule has 0 amide bonds. The van der Waals surface area contributed by atoms with Gasteiger partial charge < -0.3 is 16.9 Å². The van der Waals surface area contributed by atoms with Crippen LogP contribution in [0.25, 0.3) is 0 Å². The largest absolute Gasteiger partial charge is 1.00 e. The monoisotopic (exact) mass is 389 g/mol. The van der Waals surface area contributed by atoms with Gasteiger partial charge in [0.05, 0.1) is 26.2 Å². The Morgan fingerprint density at radius 3 is 0.923 bits per heavy atom. The van der Waals surface area contributed by atoms with Gasteiger partial charge in [-0.05, 0) is 33.6 Å². The zero-order valence-corrected chi connectivity index (χ0v) is 19.7. The van der Waals surface area contributed by atoms with E-state index in [1.54, 1.807) is 0 Å². The normalized spacial score (nSPS) is 11.5. The highest BCUT2D eigenvalue weighted by Gasteiger charge is 2.19. The first-order chi connectivity index (χ1) is 12.2. The number of unbranched alkanes of at least 4 members (excludes halogenated alkanes) is 15. The van der Waals surface area contributed by atoms with Crippen LogP contribution in [0.5, 0.6) is 0 Å². The van der Waals surface area contributed by atoms with Crippen LogP contribution in [-0.4, -0.2) is 30.7 Å². The molecule has 0 fully saturated rings. The van der Waals surface area contributed by atoms with E-state index in [-0.39, 0.29) is 12.4 Å². The van der Waals surface area contributed by atoms with Crippen molar-refractivity contribution < 1.29 is 16.9 Å². The smallest absolute Gasteiger partial charge is 0.0786 e. The minimum absolute atomic E-state index is 0. The summed E-state index contributed by atoms with van der Waals surface area (Å²) in [6, 6.07) is 0. The second kappa shape index (κ2) is 21.5. The third-order valence-electron chi connectivity index (χ3n) is 6.50. The van der Waals surface area contributed by atoms with Gasteiger partial charge in [0.25, 0.3) is 0 Å². The van der Waals surface area contributed by atoms with Crippen molar-refractivity contribution in [1.29, 1.82) is 0 Å². The van der Waals surface area contributed by atoms with E-state index in [4.69, 9.17) is 0 Å². The van der Waals surface area contributed by atoms with Gasteiger partial charge in [-0.1, -0.05) is 96.8 Å². The number of halogens is 1. The van der Waals surface area contributed by atoms with E-state index < -0.39 is 0 Å². The molecule has 1 nitrogen and oxygen atoms in total. The Labute approximate surface area is 173 Å². The second-order valence-corrected chi connectivity index (χ2v) is 8.32. The minimum atomic E-state index is 0. The molecule has 0 aliphatic rings. The van der Waals surface area contributed by atoms with E-state index >= 15 is 0 Å². The zero-order valence-electron chi connectivity index (χ0n) is 19.0. The average Bonchev–Trinajstić information content (AvgIpc) is 2.65. The molecular formula is C24H52ClN.